The monoisotopic (exact) mass is 388 g/mol. The largest absolute Gasteiger partial charge is 0.380 e. The molecule has 0 unspecified atom stereocenters. The van der Waals surface area contributed by atoms with Gasteiger partial charge in [-0.15, -0.1) is 0 Å². The molecule has 152 valence electrons. The number of nitrogens with one attached hydrogen (secondary N) is 1. The first-order valence-electron chi connectivity index (χ1n) is 9.76. The van der Waals surface area contributed by atoms with Crippen molar-refractivity contribution in [3.63, 3.8) is 0 Å². The summed E-state index contributed by atoms with van der Waals surface area (Å²) < 4.78 is 21.6. The Hall–Kier alpha value is -2.47. The summed E-state index contributed by atoms with van der Waals surface area (Å²) in [5.41, 5.74) is 2.29. The highest BCUT2D eigenvalue weighted by atomic mass is 19.1. The maximum atomic E-state index is 14.6. The van der Waals surface area contributed by atoms with E-state index in [-0.39, 0.29) is 11.3 Å². The highest BCUT2D eigenvalue weighted by molar-refractivity contribution is 6.05. The van der Waals surface area contributed by atoms with Gasteiger partial charge in [0.25, 0.3) is 5.91 Å². The average molecular weight is 388 g/mol. The number of rotatable bonds is 8. The van der Waals surface area contributed by atoms with Crippen LogP contribution in [0.1, 0.15) is 53.6 Å². The van der Waals surface area contributed by atoms with E-state index in [2.05, 4.69) is 5.32 Å². The second-order valence-electron chi connectivity index (χ2n) is 6.65. The number of benzene rings is 1. The lowest BCUT2D eigenvalue weighted by atomic mass is 10.0. The molecule has 1 aromatic heterocycles. The van der Waals surface area contributed by atoms with Crippen molar-refractivity contribution in [2.75, 3.05) is 18.5 Å². The molecule has 0 saturated carbocycles. The van der Waals surface area contributed by atoms with Gasteiger partial charge in [0.15, 0.2) is 5.82 Å². The number of amides is 1. The molecule has 6 heteroatoms. The third kappa shape index (κ3) is 4.33. The number of pyridine rings is 1. The number of halogens is 1. The molecule has 0 atom stereocenters. The molecule has 1 aromatic carbocycles. The second-order valence-corrected chi connectivity index (χ2v) is 6.65. The summed E-state index contributed by atoms with van der Waals surface area (Å²) in [6, 6.07) is 5.83. The molecular weight excluding hydrogens is 359 g/mol. The third-order valence-electron chi connectivity index (χ3n) is 5.04. The predicted octanol–water partition coefficient (Wildman–Crippen LogP) is 4.02. The molecule has 1 N–H and O–H groups in total. The fraction of sp³-hybridized carbons (Fsp3) is 0.455. The van der Waals surface area contributed by atoms with Crippen molar-refractivity contribution in [2.24, 2.45) is 0 Å². The van der Waals surface area contributed by atoms with Crippen LogP contribution in [-0.4, -0.2) is 23.7 Å². The van der Waals surface area contributed by atoms with Crippen molar-refractivity contribution in [3.8, 4) is 0 Å². The summed E-state index contributed by atoms with van der Waals surface area (Å²) in [5, 5.41) is 2.87. The van der Waals surface area contributed by atoms with E-state index < -0.39 is 17.2 Å². The van der Waals surface area contributed by atoms with Crippen molar-refractivity contribution in [1.82, 2.24) is 4.57 Å². The molecule has 0 spiro atoms. The van der Waals surface area contributed by atoms with Crippen LogP contribution < -0.4 is 10.7 Å². The topological polar surface area (TPSA) is 60.3 Å². The van der Waals surface area contributed by atoms with Crippen LogP contribution in [0.5, 0.6) is 0 Å². The second kappa shape index (κ2) is 9.64. The Bertz CT molecular complexity index is 897. The number of carbonyl (C=O) groups excluding carboxylic acids is 1. The first-order valence-corrected chi connectivity index (χ1v) is 9.76. The van der Waals surface area contributed by atoms with Gasteiger partial charge >= 0.3 is 0 Å². The zero-order chi connectivity index (χ0) is 20.8. The number of aryl methyl sites for hydroxylation is 2. The Balaban J connectivity index is 2.51. The van der Waals surface area contributed by atoms with E-state index in [0.717, 1.165) is 24.0 Å². The fourth-order valence-corrected chi connectivity index (χ4v) is 3.43. The average Bonchev–Trinajstić information content (AvgIpc) is 2.69. The van der Waals surface area contributed by atoms with Crippen LogP contribution in [0.2, 0.25) is 0 Å². The number of anilines is 1. The number of nitrogens with zero attached hydrogens (tertiary/aromatic N) is 1. The molecule has 2 aromatic rings. The van der Waals surface area contributed by atoms with Gasteiger partial charge in [-0.3, -0.25) is 9.59 Å². The summed E-state index contributed by atoms with van der Waals surface area (Å²) in [7, 11) is 0. The van der Waals surface area contributed by atoms with E-state index in [4.69, 9.17) is 4.74 Å². The number of carbonyl (C=O) groups is 1. The number of hydrogen-bond acceptors (Lipinski definition) is 3. The molecule has 0 radical (unpaired) electrons. The van der Waals surface area contributed by atoms with E-state index in [1.165, 1.54) is 0 Å². The Morgan fingerprint density at radius 1 is 1.11 bits per heavy atom. The van der Waals surface area contributed by atoms with Crippen molar-refractivity contribution in [2.45, 2.75) is 54.0 Å². The Labute approximate surface area is 165 Å². The minimum atomic E-state index is -0.897. The molecular formula is C22H29FN2O3. The highest BCUT2D eigenvalue weighted by Gasteiger charge is 2.23. The lowest BCUT2D eigenvalue weighted by Gasteiger charge is -2.19. The number of ether oxygens (including phenoxy) is 1. The minimum Gasteiger partial charge on any atom is -0.380 e. The maximum absolute atomic E-state index is 14.6. The third-order valence-corrected chi connectivity index (χ3v) is 5.04. The van der Waals surface area contributed by atoms with Gasteiger partial charge in [0.2, 0.25) is 5.43 Å². The van der Waals surface area contributed by atoms with Crippen LogP contribution in [0.15, 0.2) is 23.0 Å². The van der Waals surface area contributed by atoms with Gasteiger partial charge in [-0.2, -0.15) is 0 Å². The molecule has 28 heavy (non-hydrogen) atoms. The van der Waals surface area contributed by atoms with Crippen LogP contribution in [0.3, 0.4) is 0 Å². The van der Waals surface area contributed by atoms with Crippen LogP contribution in [0.25, 0.3) is 0 Å². The van der Waals surface area contributed by atoms with Gasteiger partial charge in [-0.25, -0.2) is 4.39 Å². The van der Waals surface area contributed by atoms with Crippen molar-refractivity contribution >= 4 is 11.6 Å². The molecule has 0 fully saturated rings. The zero-order valence-corrected chi connectivity index (χ0v) is 17.3. The molecule has 0 bridgehead atoms. The van der Waals surface area contributed by atoms with Crippen LogP contribution in [-0.2, 0) is 24.1 Å². The zero-order valence-electron chi connectivity index (χ0n) is 17.3. The van der Waals surface area contributed by atoms with E-state index in [1.54, 1.807) is 18.4 Å². The molecule has 0 aliphatic rings. The lowest BCUT2D eigenvalue weighted by molar-refractivity contribution is 0.102. The smallest absolute Gasteiger partial charge is 0.261 e. The van der Waals surface area contributed by atoms with Gasteiger partial charge in [-0.05, 0) is 44.7 Å². The maximum Gasteiger partial charge on any atom is 0.261 e. The minimum absolute atomic E-state index is 0.160. The highest BCUT2D eigenvalue weighted by Crippen LogP contribution is 2.23. The molecule has 2 rings (SSSR count). The van der Waals surface area contributed by atoms with Gasteiger partial charge < -0.3 is 14.6 Å². The Kier molecular flexibility index (Phi) is 7.52. The van der Waals surface area contributed by atoms with Crippen molar-refractivity contribution in [1.29, 1.82) is 0 Å². The standard InChI is InChI=1S/C22H29FN2O3/c1-6-16-10-9-11-17(7-2)20(16)24-22(27)18-14(4)25(12-13-28-8-3)15(5)19(23)21(18)26/h9-11H,6-8,12-13H2,1-5H3,(H,24,27). The van der Waals surface area contributed by atoms with Crippen LogP contribution in [0.4, 0.5) is 10.1 Å². The normalized spacial score (nSPS) is 10.9. The summed E-state index contributed by atoms with van der Waals surface area (Å²) in [6.45, 7) is 10.4. The number of aromatic nitrogens is 1. The van der Waals surface area contributed by atoms with Crippen LogP contribution >= 0.6 is 0 Å². The summed E-state index contributed by atoms with van der Waals surface area (Å²) >= 11 is 0. The van der Waals surface area contributed by atoms with E-state index in [0.29, 0.717) is 31.1 Å². The molecule has 1 heterocycles. The van der Waals surface area contributed by atoms with E-state index in [9.17, 15) is 14.0 Å². The first-order chi connectivity index (χ1) is 13.4. The van der Waals surface area contributed by atoms with Gasteiger partial charge in [0.05, 0.1) is 12.3 Å². The lowest BCUT2D eigenvalue weighted by Crippen LogP contribution is -2.31. The summed E-state index contributed by atoms with van der Waals surface area (Å²) in [4.78, 5) is 25.6. The van der Waals surface area contributed by atoms with Gasteiger partial charge in [0, 0.05) is 24.5 Å². The number of para-hydroxylation sites is 1. The Morgan fingerprint density at radius 2 is 1.71 bits per heavy atom. The fourth-order valence-electron chi connectivity index (χ4n) is 3.43. The van der Waals surface area contributed by atoms with Crippen molar-refractivity contribution < 1.29 is 13.9 Å². The molecule has 0 aliphatic carbocycles. The quantitative estimate of drug-likeness (QED) is 0.695. The molecule has 0 saturated heterocycles. The first kappa shape index (κ1) is 21.8. The van der Waals surface area contributed by atoms with Gasteiger partial charge in [0.1, 0.15) is 5.56 Å². The molecule has 1 amide bonds. The number of hydrogen-bond donors (Lipinski definition) is 1. The van der Waals surface area contributed by atoms with Crippen molar-refractivity contribution in [3.05, 3.63) is 62.3 Å². The Morgan fingerprint density at radius 3 is 2.25 bits per heavy atom. The summed E-state index contributed by atoms with van der Waals surface area (Å²) in [5.74, 6) is -1.48. The molecule has 0 aliphatic heterocycles. The van der Waals surface area contributed by atoms with E-state index >= 15 is 0 Å². The summed E-state index contributed by atoms with van der Waals surface area (Å²) in [6.07, 6.45) is 1.48. The van der Waals surface area contributed by atoms with E-state index in [1.807, 2.05) is 39.0 Å². The SMILES string of the molecule is CCOCCn1c(C)c(F)c(=O)c(C(=O)Nc2c(CC)cccc2CC)c1C. The van der Waals surface area contributed by atoms with Crippen LogP contribution in [0, 0.1) is 19.7 Å². The molecule has 5 nitrogen and oxygen atoms in total. The predicted molar refractivity (Wildman–Crippen MR) is 110 cm³/mol. The van der Waals surface area contributed by atoms with Gasteiger partial charge in [-0.1, -0.05) is 32.0 Å².